The van der Waals surface area contributed by atoms with Gasteiger partial charge < -0.3 is 14.2 Å². The zero-order valence-electron chi connectivity index (χ0n) is 39.7. The predicted molar refractivity (Wildman–Crippen MR) is 247 cm³/mol. The van der Waals surface area contributed by atoms with Crippen LogP contribution in [0.1, 0.15) is 285 Å². The lowest BCUT2D eigenvalue weighted by atomic mass is 9.99. The van der Waals surface area contributed by atoms with E-state index in [1.807, 2.05) is 0 Å². The molecular weight excluding hydrogens is 721 g/mol. The van der Waals surface area contributed by atoms with E-state index in [9.17, 15) is 14.4 Å². The first-order valence-electron chi connectivity index (χ1n) is 25.8. The van der Waals surface area contributed by atoms with Crippen LogP contribution in [0.2, 0.25) is 0 Å². The first-order valence-corrected chi connectivity index (χ1v) is 25.8. The lowest BCUT2D eigenvalue weighted by Gasteiger charge is -2.18. The first kappa shape index (κ1) is 56.4. The van der Waals surface area contributed by atoms with Gasteiger partial charge in [-0.05, 0) is 31.1 Å². The van der Waals surface area contributed by atoms with Gasteiger partial charge in [0.25, 0.3) is 0 Å². The van der Waals surface area contributed by atoms with Crippen molar-refractivity contribution in [2.24, 2.45) is 11.8 Å². The van der Waals surface area contributed by atoms with Gasteiger partial charge in [-0.1, -0.05) is 247 Å². The zero-order chi connectivity index (χ0) is 42.6. The lowest BCUT2D eigenvalue weighted by molar-refractivity contribution is -0.167. The van der Waals surface area contributed by atoms with E-state index in [0.29, 0.717) is 19.3 Å². The van der Waals surface area contributed by atoms with Crippen LogP contribution in [0.15, 0.2) is 0 Å². The molecule has 0 amide bonds. The molecule has 1 unspecified atom stereocenters. The molecule has 0 bridgehead atoms. The molecule has 2 atom stereocenters. The maximum Gasteiger partial charge on any atom is 0.306 e. The van der Waals surface area contributed by atoms with Crippen molar-refractivity contribution in [2.75, 3.05) is 13.2 Å². The molecule has 0 radical (unpaired) electrons. The number of carbonyl (C=O) groups excluding carboxylic acids is 3. The van der Waals surface area contributed by atoms with E-state index in [2.05, 4.69) is 34.6 Å². The Hall–Kier alpha value is -1.59. The summed E-state index contributed by atoms with van der Waals surface area (Å²) in [7, 11) is 0. The van der Waals surface area contributed by atoms with Crippen LogP contribution in [0.3, 0.4) is 0 Å². The average molecular weight is 821 g/mol. The fourth-order valence-corrected chi connectivity index (χ4v) is 7.78. The number of ether oxygens (including phenoxy) is 3. The van der Waals surface area contributed by atoms with Gasteiger partial charge in [0.15, 0.2) is 6.10 Å². The maximum atomic E-state index is 12.7. The Morgan fingerprint density at radius 1 is 0.362 bits per heavy atom. The molecule has 0 fully saturated rings. The summed E-state index contributed by atoms with van der Waals surface area (Å²) in [5.41, 5.74) is 0. The molecule has 0 aliphatic carbocycles. The summed E-state index contributed by atoms with van der Waals surface area (Å²) in [4.78, 5) is 37.9. The highest BCUT2D eigenvalue weighted by Crippen LogP contribution is 2.18. The van der Waals surface area contributed by atoms with Crippen LogP contribution in [-0.4, -0.2) is 37.2 Å². The van der Waals surface area contributed by atoms with Gasteiger partial charge in [-0.15, -0.1) is 0 Å². The first-order chi connectivity index (χ1) is 28.3. The second-order valence-corrected chi connectivity index (χ2v) is 18.5. The standard InChI is InChI=1S/C52H100O6/c1-6-8-9-10-11-12-13-19-23-28-34-39-44-52(55)58-49(46-57-51(54)43-38-33-29-24-25-30-35-40-47(3)4)45-56-50(53)42-37-32-27-22-20-17-15-14-16-18-21-26-31-36-41-48(5)7-2/h47-49H,6-46H2,1-5H3/t48?,49-/m1/s1. The molecule has 0 spiro atoms. The Labute approximate surface area is 361 Å². The van der Waals surface area contributed by atoms with Crippen molar-refractivity contribution in [3.8, 4) is 0 Å². The number of esters is 3. The van der Waals surface area contributed by atoms with Crippen molar-refractivity contribution in [1.29, 1.82) is 0 Å². The Morgan fingerprint density at radius 3 is 0.983 bits per heavy atom. The molecule has 0 saturated heterocycles. The molecule has 58 heavy (non-hydrogen) atoms. The third-order valence-corrected chi connectivity index (χ3v) is 12.1. The minimum absolute atomic E-state index is 0.0641. The maximum absolute atomic E-state index is 12.7. The minimum atomic E-state index is -0.761. The number of unbranched alkanes of at least 4 members (excludes halogenated alkanes) is 30. The molecule has 0 aromatic heterocycles. The van der Waals surface area contributed by atoms with Crippen molar-refractivity contribution in [3.63, 3.8) is 0 Å². The molecule has 6 nitrogen and oxygen atoms in total. The molecule has 0 heterocycles. The third kappa shape index (κ3) is 44.0. The molecular formula is C52H100O6. The summed E-state index contributed by atoms with van der Waals surface area (Å²) >= 11 is 0. The lowest BCUT2D eigenvalue weighted by Crippen LogP contribution is -2.30. The van der Waals surface area contributed by atoms with Crippen LogP contribution in [-0.2, 0) is 28.6 Å². The highest BCUT2D eigenvalue weighted by atomic mass is 16.6. The van der Waals surface area contributed by atoms with E-state index in [1.165, 1.54) is 173 Å². The molecule has 0 saturated carbocycles. The Bertz CT molecular complexity index is 887. The smallest absolute Gasteiger partial charge is 0.306 e. The minimum Gasteiger partial charge on any atom is -0.462 e. The van der Waals surface area contributed by atoms with Crippen LogP contribution in [0.25, 0.3) is 0 Å². The molecule has 344 valence electrons. The molecule has 0 aromatic carbocycles. The zero-order valence-corrected chi connectivity index (χ0v) is 39.7. The molecule has 0 N–H and O–H groups in total. The topological polar surface area (TPSA) is 78.9 Å². The summed E-state index contributed by atoms with van der Waals surface area (Å²) < 4.78 is 16.8. The van der Waals surface area contributed by atoms with Gasteiger partial charge in [0.2, 0.25) is 0 Å². The van der Waals surface area contributed by atoms with Crippen LogP contribution in [0.5, 0.6) is 0 Å². The average Bonchev–Trinajstić information content (AvgIpc) is 3.21. The molecule has 0 aliphatic rings. The number of hydrogen-bond donors (Lipinski definition) is 0. The predicted octanol–water partition coefficient (Wildman–Crippen LogP) is 16.5. The van der Waals surface area contributed by atoms with Gasteiger partial charge in [0.1, 0.15) is 13.2 Å². The SMILES string of the molecule is CCCCCCCCCCCCCCC(=O)O[C@H](COC(=O)CCCCCCCCCCCCCCCCC(C)CC)COC(=O)CCCCCCCCCC(C)C. The highest BCUT2D eigenvalue weighted by molar-refractivity contribution is 5.71. The van der Waals surface area contributed by atoms with Crippen LogP contribution < -0.4 is 0 Å². The normalized spacial score (nSPS) is 12.5. The fraction of sp³-hybridized carbons (Fsp3) is 0.942. The Kier molecular flexibility index (Phi) is 43.7. The summed E-state index contributed by atoms with van der Waals surface area (Å²) in [6.07, 6.45) is 45.2. The largest absolute Gasteiger partial charge is 0.462 e. The molecule has 0 rings (SSSR count). The van der Waals surface area contributed by atoms with Crippen LogP contribution in [0.4, 0.5) is 0 Å². The number of hydrogen-bond acceptors (Lipinski definition) is 6. The van der Waals surface area contributed by atoms with Gasteiger partial charge in [-0.3, -0.25) is 14.4 Å². The van der Waals surface area contributed by atoms with E-state index in [-0.39, 0.29) is 31.1 Å². The van der Waals surface area contributed by atoms with Crippen LogP contribution in [0, 0.1) is 11.8 Å². The summed E-state index contributed by atoms with van der Waals surface area (Å²) in [6.45, 7) is 11.4. The van der Waals surface area contributed by atoms with Gasteiger partial charge >= 0.3 is 17.9 Å². The summed E-state index contributed by atoms with van der Waals surface area (Å²) in [6, 6.07) is 0. The van der Waals surface area contributed by atoms with Crippen molar-refractivity contribution in [3.05, 3.63) is 0 Å². The van der Waals surface area contributed by atoms with Crippen LogP contribution >= 0.6 is 0 Å². The van der Waals surface area contributed by atoms with Crippen molar-refractivity contribution in [1.82, 2.24) is 0 Å². The highest BCUT2D eigenvalue weighted by Gasteiger charge is 2.19. The molecule has 6 heteroatoms. The second-order valence-electron chi connectivity index (χ2n) is 18.5. The van der Waals surface area contributed by atoms with Gasteiger partial charge in [0.05, 0.1) is 0 Å². The fourth-order valence-electron chi connectivity index (χ4n) is 7.78. The van der Waals surface area contributed by atoms with E-state index in [0.717, 1.165) is 69.6 Å². The van der Waals surface area contributed by atoms with Gasteiger partial charge in [-0.2, -0.15) is 0 Å². The molecule has 0 aromatic rings. The molecule has 0 aliphatic heterocycles. The van der Waals surface area contributed by atoms with Gasteiger partial charge in [-0.25, -0.2) is 0 Å². The van der Waals surface area contributed by atoms with E-state index in [4.69, 9.17) is 14.2 Å². The number of carbonyl (C=O) groups is 3. The number of rotatable bonds is 46. The van der Waals surface area contributed by atoms with Crippen molar-refractivity contribution >= 4 is 17.9 Å². The van der Waals surface area contributed by atoms with E-state index in [1.54, 1.807) is 0 Å². The summed E-state index contributed by atoms with van der Waals surface area (Å²) in [5.74, 6) is 0.826. The van der Waals surface area contributed by atoms with E-state index < -0.39 is 6.10 Å². The summed E-state index contributed by atoms with van der Waals surface area (Å²) in [5, 5.41) is 0. The Balaban J connectivity index is 4.26. The van der Waals surface area contributed by atoms with Crippen molar-refractivity contribution < 1.29 is 28.6 Å². The van der Waals surface area contributed by atoms with Crippen molar-refractivity contribution in [2.45, 2.75) is 291 Å². The third-order valence-electron chi connectivity index (χ3n) is 12.1. The quantitative estimate of drug-likeness (QED) is 0.0346. The second kappa shape index (κ2) is 44.9. The van der Waals surface area contributed by atoms with Gasteiger partial charge in [0, 0.05) is 19.3 Å². The monoisotopic (exact) mass is 821 g/mol. The Morgan fingerprint density at radius 2 is 0.655 bits per heavy atom. The van der Waals surface area contributed by atoms with E-state index >= 15 is 0 Å².